The number of carbonyl (C=O) groups excluding carboxylic acids is 3. The lowest BCUT2D eigenvalue weighted by molar-refractivity contribution is -0.134. The molecule has 0 N–H and O–H groups in total. The van der Waals surface area contributed by atoms with Gasteiger partial charge in [0.25, 0.3) is 11.8 Å². The molecule has 2 amide bonds. The van der Waals surface area contributed by atoms with Gasteiger partial charge in [0, 0.05) is 25.3 Å². The lowest BCUT2D eigenvalue weighted by atomic mass is 10.1. The van der Waals surface area contributed by atoms with Gasteiger partial charge in [-0.2, -0.15) is 0 Å². The number of rotatable bonds is 5. The van der Waals surface area contributed by atoms with Gasteiger partial charge in [0.15, 0.2) is 0 Å². The van der Waals surface area contributed by atoms with Gasteiger partial charge in [0.05, 0.1) is 18.4 Å². The molecule has 26 heavy (non-hydrogen) atoms. The Morgan fingerprint density at radius 1 is 1.31 bits per heavy atom. The highest BCUT2D eigenvalue weighted by molar-refractivity contribution is 6.11. The maximum atomic E-state index is 13.1. The Labute approximate surface area is 151 Å². The summed E-state index contributed by atoms with van der Waals surface area (Å²) in [7, 11) is 1.29. The molecule has 2 heterocycles. The molecule has 2 aliphatic rings. The van der Waals surface area contributed by atoms with Crippen molar-refractivity contribution in [2.24, 2.45) is 0 Å². The van der Waals surface area contributed by atoms with Crippen molar-refractivity contribution >= 4 is 23.5 Å². The second-order valence-corrected chi connectivity index (χ2v) is 5.90. The van der Waals surface area contributed by atoms with E-state index in [4.69, 9.17) is 4.74 Å². The number of hydrogen-bond acceptors (Lipinski definition) is 5. The zero-order valence-corrected chi connectivity index (χ0v) is 14.7. The van der Waals surface area contributed by atoms with Crippen LogP contribution in [0.2, 0.25) is 0 Å². The maximum Gasteiger partial charge on any atom is 0.330 e. The molecule has 0 fully saturated rings. The number of ether oxygens (including phenoxy) is 2. The fourth-order valence-corrected chi connectivity index (χ4v) is 3.05. The number of esters is 1. The van der Waals surface area contributed by atoms with E-state index in [0.29, 0.717) is 29.9 Å². The van der Waals surface area contributed by atoms with Crippen LogP contribution in [0.4, 0.5) is 5.69 Å². The molecular formula is C19H20N2O5. The van der Waals surface area contributed by atoms with E-state index in [1.54, 1.807) is 36.5 Å². The molecule has 1 unspecified atom stereocenters. The molecule has 0 aromatic heterocycles. The second kappa shape index (κ2) is 7.53. The average Bonchev–Trinajstić information content (AvgIpc) is 3.07. The van der Waals surface area contributed by atoms with E-state index in [1.807, 2.05) is 6.92 Å². The number of fused-ring (bicyclic) bond motifs is 2. The van der Waals surface area contributed by atoms with Gasteiger partial charge in [-0.1, -0.05) is 18.2 Å². The summed E-state index contributed by atoms with van der Waals surface area (Å²) in [5, 5.41) is 0. The van der Waals surface area contributed by atoms with E-state index in [9.17, 15) is 14.4 Å². The highest BCUT2D eigenvalue weighted by atomic mass is 16.5. The average molecular weight is 356 g/mol. The van der Waals surface area contributed by atoms with Crippen molar-refractivity contribution in [1.82, 2.24) is 4.90 Å². The van der Waals surface area contributed by atoms with E-state index in [1.165, 1.54) is 23.0 Å². The number of carbonyl (C=O) groups is 3. The van der Waals surface area contributed by atoms with Crippen LogP contribution < -0.4 is 4.90 Å². The van der Waals surface area contributed by atoms with Crippen molar-refractivity contribution in [2.75, 3.05) is 25.3 Å². The van der Waals surface area contributed by atoms with Crippen molar-refractivity contribution in [1.29, 1.82) is 0 Å². The first-order valence-electron chi connectivity index (χ1n) is 8.34. The third-order valence-electron chi connectivity index (χ3n) is 4.34. The Balaban J connectivity index is 1.97. The molecule has 1 aromatic carbocycles. The van der Waals surface area contributed by atoms with E-state index >= 15 is 0 Å². The lowest BCUT2D eigenvalue weighted by Crippen LogP contribution is -2.44. The summed E-state index contributed by atoms with van der Waals surface area (Å²) >= 11 is 0. The molecule has 0 radical (unpaired) electrons. The Kier molecular flexibility index (Phi) is 5.18. The Morgan fingerprint density at radius 2 is 2.08 bits per heavy atom. The molecule has 0 spiro atoms. The number of para-hydroxylation sites is 1. The highest BCUT2D eigenvalue weighted by Crippen LogP contribution is 2.34. The number of allylic oxidation sites excluding steroid dienone is 1. The summed E-state index contributed by atoms with van der Waals surface area (Å²) in [6.45, 7) is 2.38. The van der Waals surface area contributed by atoms with Crippen molar-refractivity contribution in [3.8, 4) is 0 Å². The molecule has 0 aliphatic carbocycles. The molecule has 7 nitrogen and oxygen atoms in total. The van der Waals surface area contributed by atoms with Crippen LogP contribution in [0.15, 0.2) is 48.2 Å². The van der Waals surface area contributed by atoms with Gasteiger partial charge in [-0.25, -0.2) is 4.79 Å². The van der Waals surface area contributed by atoms with Crippen LogP contribution in [0.1, 0.15) is 23.7 Å². The first-order valence-corrected chi connectivity index (χ1v) is 8.34. The second-order valence-electron chi connectivity index (χ2n) is 5.90. The zero-order chi connectivity index (χ0) is 18.7. The fraction of sp³-hybridized carbons (Fsp3) is 0.316. The zero-order valence-electron chi connectivity index (χ0n) is 14.7. The van der Waals surface area contributed by atoms with Gasteiger partial charge in [-0.3, -0.25) is 14.5 Å². The predicted octanol–water partition coefficient (Wildman–Crippen LogP) is 1.85. The Bertz CT molecular complexity index is 799. The number of benzene rings is 1. The van der Waals surface area contributed by atoms with Crippen LogP contribution in [0, 0.1) is 0 Å². The normalized spacial score (nSPS) is 19.3. The van der Waals surface area contributed by atoms with Crippen molar-refractivity contribution < 1.29 is 23.9 Å². The minimum atomic E-state index is -0.660. The van der Waals surface area contributed by atoms with E-state index in [2.05, 4.69) is 4.74 Å². The Hall–Kier alpha value is -2.93. The van der Waals surface area contributed by atoms with Crippen molar-refractivity contribution in [3.63, 3.8) is 0 Å². The van der Waals surface area contributed by atoms with Crippen molar-refractivity contribution in [3.05, 3.63) is 53.8 Å². The molecule has 1 aromatic rings. The molecule has 0 bridgehead atoms. The summed E-state index contributed by atoms with van der Waals surface area (Å²) in [6, 6.07) is 6.33. The van der Waals surface area contributed by atoms with Gasteiger partial charge >= 0.3 is 5.97 Å². The molecule has 0 saturated carbocycles. The minimum Gasteiger partial charge on any atom is -0.466 e. The van der Waals surface area contributed by atoms with Gasteiger partial charge in [0.1, 0.15) is 12.8 Å². The van der Waals surface area contributed by atoms with Gasteiger partial charge in [0.2, 0.25) is 0 Å². The number of methoxy groups -OCH3 is 1. The fourth-order valence-electron chi connectivity index (χ4n) is 3.05. The molecule has 3 rings (SSSR count). The lowest BCUT2D eigenvalue weighted by Gasteiger charge is -2.25. The van der Waals surface area contributed by atoms with Crippen LogP contribution >= 0.6 is 0 Å². The molecule has 2 aliphatic heterocycles. The van der Waals surface area contributed by atoms with Crippen LogP contribution in [-0.2, 0) is 19.1 Å². The summed E-state index contributed by atoms with van der Waals surface area (Å²) in [4.78, 5) is 40.3. The van der Waals surface area contributed by atoms with Gasteiger partial charge in [-0.15, -0.1) is 0 Å². The summed E-state index contributed by atoms with van der Waals surface area (Å²) in [5.74, 6) is -0.956. The van der Waals surface area contributed by atoms with E-state index < -0.39 is 12.0 Å². The summed E-state index contributed by atoms with van der Waals surface area (Å²) in [5.41, 5.74) is 1.70. The number of hydrogen-bond donors (Lipinski definition) is 0. The monoisotopic (exact) mass is 356 g/mol. The number of amides is 2. The minimum absolute atomic E-state index is 0.0807. The third kappa shape index (κ3) is 3.25. The SMILES string of the molecule is CCOCN1C(=O)C2CC(/C=C/C(=O)OC)=CN2C(=O)c2ccccc21. The van der Waals surface area contributed by atoms with E-state index in [-0.39, 0.29) is 18.5 Å². The highest BCUT2D eigenvalue weighted by Gasteiger charge is 2.41. The molecule has 1 atom stereocenters. The van der Waals surface area contributed by atoms with Crippen LogP contribution in [0.5, 0.6) is 0 Å². The molecule has 7 heteroatoms. The number of nitrogens with zero attached hydrogens (tertiary/aromatic N) is 2. The smallest absolute Gasteiger partial charge is 0.330 e. The standard InChI is InChI=1S/C19H20N2O5/c1-3-26-12-21-15-7-5-4-6-14(15)18(23)20-11-13(8-9-17(22)25-2)10-16(20)19(21)24/h4-9,11,16H,3,10,12H2,1-2H3/b9-8+. The maximum absolute atomic E-state index is 13.1. The summed E-state index contributed by atoms with van der Waals surface area (Å²) < 4.78 is 10.0. The quantitative estimate of drug-likeness (QED) is 0.594. The molecule has 0 saturated heterocycles. The van der Waals surface area contributed by atoms with Gasteiger partial charge in [-0.05, 0) is 24.6 Å². The molecular weight excluding hydrogens is 336 g/mol. The first-order chi connectivity index (χ1) is 12.6. The molecule has 136 valence electrons. The predicted molar refractivity (Wildman–Crippen MR) is 94.2 cm³/mol. The third-order valence-corrected chi connectivity index (χ3v) is 4.34. The topological polar surface area (TPSA) is 76.2 Å². The summed E-state index contributed by atoms with van der Waals surface area (Å²) in [6.07, 6.45) is 4.79. The van der Waals surface area contributed by atoms with Crippen molar-refractivity contribution in [2.45, 2.75) is 19.4 Å². The van der Waals surface area contributed by atoms with E-state index in [0.717, 1.165) is 0 Å². The first kappa shape index (κ1) is 17.9. The van der Waals surface area contributed by atoms with Crippen LogP contribution in [0.25, 0.3) is 0 Å². The van der Waals surface area contributed by atoms with Crippen LogP contribution in [0.3, 0.4) is 0 Å². The largest absolute Gasteiger partial charge is 0.466 e. The van der Waals surface area contributed by atoms with Crippen LogP contribution in [-0.4, -0.2) is 49.2 Å². The Morgan fingerprint density at radius 3 is 2.81 bits per heavy atom. The number of anilines is 1. The van der Waals surface area contributed by atoms with Gasteiger partial charge < -0.3 is 14.4 Å².